The summed E-state index contributed by atoms with van der Waals surface area (Å²) in [5.74, 6) is -0.540. The van der Waals surface area contributed by atoms with Crippen LogP contribution >= 0.6 is 0 Å². The summed E-state index contributed by atoms with van der Waals surface area (Å²) in [7, 11) is 0. The highest BCUT2D eigenvalue weighted by atomic mass is 16.5. The van der Waals surface area contributed by atoms with Crippen molar-refractivity contribution in [1.29, 1.82) is 0 Å². The molecule has 0 aliphatic carbocycles. The molecule has 2 heterocycles. The molecule has 1 fully saturated rings. The predicted molar refractivity (Wildman–Crippen MR) is 96.6 cm³/mol. The quantitative estimate of drug-likeness (QED) is 0.607. The maximum Gasteiger partial charge on any atom is 0.340 e. The van der Waals surface area contributed by atoms with E-state index >= 15 is 0 Å². The van der Waals surface area contributed by atoms with Gasteiger partial charge in [-0.2, -0.15) is 0 Å². The number of amides is 1. The van der Waals surface area contributed by atoms with Gasteiger partial charge in [0.2, 0.25) is 5.91 Å². The van der Waals surface area contributed by atoms with Crippen molar-refractivity contribution in [1.82, 2.24) is 9.88 Å². The molecule has 1 aromatic rings. The van der Waals surface area contributed by atoms with Gasteiger partial charge in [0.05, 0.1) is 18.3 Å². The lowest BCUT2D eigenvalue weighted by Crippen LogP contribution is -2.30. The van der Waals surface area contributed by atoms with Crippen LogP contribution in [-0.2, 0) is 20.8 Å². The van der Waals surface area contributed by atoms with Crippen LogP contribution in [0.15, 0.2) is 6.08 Å². The van der Waals surface area contributed by atoms with Crippen LogP contribution < -0.4 is 5.32 Å². The number of esters is 1. The van der Waals surface area contributed by atoms with Crippen molar-refractivity contribution in [3.8, 4) is 0 Å². The Balaban J connectivity index is 2.16. The average molecular weight is 348 g/mol. The molecule has 25 heavy (non-hydrogen) atoms. The monoisotopic (exact) mass is 348 g/mol. The highest BCUT2D eigenvalue weighted by Gasteiger charge is 2.22. The van der Waals surface area contributed by atoms with Crippen molar-refractivity contribution in [2.75, 3.05) is 19.8 Å². The molecule has 1 amide bonds. The highest BCUT2D eigenvalue weighted by Crippen LogP contribution is 2.25. The Hall–Kier alpha value is -2.08. The van der Waals surface area contributed by atoms with Crippen molar-refractivity contribution in [2.24, 2.45) is 0 Å². The van der Waals surface area contributed by atoms with Crippen LogP contribution in [-0.4, -0.2) is 42.3 Å². The van der Waals surface area contributed by atoms with Crippen LogP contribution in [0.4, 0.5) is 0 Å². The van der Waals surface area contributed by atoms with Gasteiger partial charge in [-0.3, -0.25) is 4.79 Å². The number of rotatable bonds is 7. The van der Waals surface area contributed by atoms with Gasteiger partial charge in [0.25, 0.3) is 0 Å². The second kappa shape index (κ2) is 8.85. The van der Waals surface area contributed by atoms with Crippen LogP contribution in [0.2, 0.25) is 0 Å². The van der Waals surface area contributed by atoms with E-state index in [4.69, 9.17) is 9.47 Å². The minimum absolute atomic E-state index is 0.109. The number of hydrogen-bond acceptors (Lipinski definition) is 4. The Labute approximate surface area is 149 Å². The number of nitrogens with zero attached hydrogens (tertiary/aromatic N) is 1. The lowest BCUT2D eigenvalue weighted by Gasteiger charge is -2.09. The first-order valence-corrected chi connectivity index (χ1v) is 8.93. The van der Waals surface area contributed by atoms with E-state index in [1.54, 1.807) is 13.0 Å². The van der Waals surface area contributed by atoms with Crippen LogP contribution in [0.25, 0.3) is 6.08 Å². The number of carbonyl (C=O) groups is 2. The third-order valence-electron chi connectivity index (χ3n) is 4.56. The van der Waals surface area contributed by atoms with Gasteiger partial charge in [0.1, 0.15) is 0 Å². The lowest BCUT2D eigenvalue weighted by molar-refractivity contribution is -0.116. The molecule has 1 saturated heterocycles. The van der Waals surface area contributed by atoms with E-state index in [2.05, 4.69) is 9.88 Å². The molecule has 0 bridgehead atoms. The van der Waals surface area contributed by atoms with E-state index < -0.39 is 0 Å². The number of carbonyl (C=O) groups excluding carboxylic acids is 2. The fourth-order valence-corrected chi connectivity index (χ4v) is 3.28. The Morgan fingerprint density at radius 3 is 2.68 bits per heavy atom. The molecule has 2 rings (SSSR count). The van der Waals surface area contributed by atoms with Gasteiger partial charge < -0.3 is 19.4 Å². The standard InChI is InChI=1S/C19H28N2O4/c1-5-21-13(3)16(18(14(21)4)19(23)24-6-2)9-10-17(22)20-12-15-8-7-11-25-15/h9-10,15H,5-8,11-12H2,1-4H3,(H,20,22)/b10-9+. The van der Waals surface area contributed by atoms with Crippen LogP contribution in [0.5, 0.6) is 0 Å². The fraction of sp³-hybridized carbons (Fsp3) is 0.579. The van der Waals surface area contributed by atoms with Gasteiger partial charge in [-0.25, -0.2) is 4.79 Å². The largest absolute Gasteiger partial charge is 0.462 e. The molecule has 1 aliphatic rings. The summed E-state index contributed by atoms with van der Waals surface area (Å²) in [6, 6.07) is 0. The zero-order chi connectivity index (χ0) is 18.4. The molecule has 138 valence electrons. The molecule has 1 unspecified atom stereocenters. The van der Waals surface area contributed by atoms with E-state index in [9.17, 15) is 9.59 Å². The molecule has 6 nitrogen and oxygen atoms in total. The van der Waals surface area contributed by atoms with Gasteiger partial charge in [-0.05, 0) is 46.6 Å². The predicted octanol–water partition coefficient (Wildman–Crippen LogP) is 2.61. The lowest BCUT2D eigenvalue weighted by atomic mass is 10.1. The summed E-state index contributed by atoms with van der Waals surface area (Å²) in [6.45, 7) is 10.0. The summed E-state index contributed by atoms with van der Waals surface area (Å²) < 4.78 is 12.7. The van der Waals surface area contributed by atoms with Crippen molar-refractivity contribution < 1.29 is 19.1 Å². The Kier molecular flexibility index (Phi) is 6.82. The maximum absolute atomic E-state index is 12.3. The molecule has 1 aromatic heterocycles. The van der Waals surface area contributed by atoms with Gasteiger partial charge in [-0.1, -0.05) is 0 Å². The molecular weight excluding hydrogens is 320 g/mol. The zero-order valence-corrected chi connectivity index (χ0v) is 15.6. The first-order chi connectivity index (χ1) is 12.0. The van der Waals surface area contributed by atoms with Crippen LogP contribution in [0.1, 0.15) is 54.0 Å². The van der Waals surface area contributed by atoms with Crippen molar-refractivity contribution in [3.05, 3.63) is 28.6 Å². The molecule has 0 saturated carbocycles. The van der Waals surface area contributed by atoms with Crippen molar-refractivity contribution >= 4 is 18.0 Å². The summed E-state index contributed by atoms with van der Waals surface area (Å²) in [4.78, 5) is 24.4. The third kappa shape index (κ3) is 4.51. The Morgan fingerprint density at radius 2 is 2.08 bits per heavy atom. The molecule has 1 atom stereocenters. The number of hydrogen-bond donors (Lipinski definition) is 1. The summed E-state index contributed by atoms with van der Waals surface area (Å²) >= 11 is 0. The molecular formula is C19H28N2O4. The van der Waals surface area contributed by atoms with E-state index in [-0.39, 0.29) is 18.0 Å². The zero-order valence-electron chi connectivity index (χ0n) is 15.6. The highest BCUT2D eigenvalue weighted by molar-refractivity contribution is 5.98. The minimum Gasteiger partial charge on any atom is -0.462 e. The van der Waals surface area contributed by atoms with Crippen LogP contribution in [0.3, 0.4) is 0 Å². The first kappa shape index (κ1) is 19.2. The van der Waals surface area contributed by atoms with E-state index in [1.807, 2.05) is 20.8 Å². The number of nitrogens with one attached hydrogen (secondary N) is 1. The smallest absolute Gasteiger partial charge is 0.340 e. The Morgan fingerprint density at radius 1 is 1.32 bits per heavy atom. The molecule has 0 aromatic carbocycles. The number of ether oxygens (including phenoxy) is 2. The van der Waals surface area contributed by atoms with E-state index in [0.29, 0.717) is 18.7 Å². The molecule has 0 radical (unpaired) electrons. The second-order valence-electron chi connectivity index (χ2n) is 6.14. The van der Waals surface area contributed by atoms with E-state index in [0.717, 1.165) is 42.9 Å². The Bertz CT molecular complexity index is 655. The second-order valence-corrected chi connectivity index (χ2v) is 6.14. The van der Waals surface area contributed by atoms with Gasteiger partial charge in [-0.15, -0.1) is 0 Å². The van der Waals surface area contributed by atoms with Gasteiger partial charge in [0.15, 0.2) is 0 Å². The molecule has 1 N–H and O–H groups in total. The minimum atomic E-state index is -0.352. The van der Waals surface area contributed by atoms with E-state index in [1.165, 1.54) is 6.08 Å². The van der Waals surface area contributed by atoms with Gasteiger partial charge in [0, 0.05) is 42.7 Å². The van der Waals surface area contributed by atoms with Crippen molar-refractivity contribution in [3.63, 3.8) is 0 Å². The third-order valence-corrected chi connectivity index (χ3v) is 4.56. The average Bonchev–Trinajstić information content (AvgIpc) is 3.17. The molecule has 0 spiro atoms. The maximum atomic E-state index is 12.3. The summed E-state index contributed by atoms with van der Waals surface area (Å²) in [6.07, 6.45) is 5.31. The SMILES string of the molecule is CCOC(=O)c1c(/C=C/C(=O)NCC2CCCO2)c(C)n(CC)c1C. The normalized spacial score (nSPS) is 17.2. The van der Waals surface area contributed by atoms with Crippen molar-refractivity contribution in [2.45, 2.75) is 53.2 Å². The fourth-order valence-electron chi connectivity index (χ4n) is 3.28. The topological polar surface area (TPSA) is 69.6 Å². The van der Waals surface area contributed by atoms with Crippen LogP contribution in [0, 0.1) is 13.8 Å². The number of aromatic nitrogens is 1. The molecule has 6 heteroatoms. The summed E-state index contributed by atoms with van der Waals surface area (Å²) in [5, 5.41) is 2.85. The summed E-state index contributed by atoms with van der Waals surface area (Å²) in [5.41, 5.74) is 3.08. The van der Waals surface area contributed by atoms with Gasteiger partial charge >= 0.3 is 5.97 Å². The first-order valence-electron chi connectivity index (χ1n) is 8.93. The molecule has 1 aliphatic heterocycles.